The number of nitrogens with one attached hydrogen (secondary N) is 1. The van der Waals surface area contributed by atoms with Crippen molar-refractivity contribution < 1.29 is 9.32 Å². The zero-order valence-corrected chi connectivity index (χ0v) is 17.6. The molecule has 2 aliphatic rings. The number of carbonyl (C=O) groups is 1. The van der Waals surface area contributed by atoms with Crippen LogP contribution >= 0.6 is 24.8 Å². The van der Waals surface area contributed by atoms with E-state index in [4.69, 9.17) is 10.3 Å². The molecule has 1 aromatic rings. The van der Waals surface area contributed by atoms with Crippen LogP contribution in [0, 0.1) is 5.92 Å². The third-order valence-electron chi connectivity index (χ3n) is 5.18. The molecule has 0 radical (unpaired) electrons. The van der Waals surface area contributed by atoms with Crippen LogP contribution in [0.15, 0.2) is 4.52 Å². The Morgan fingerprint density at radius 3 is 2.56 bits per heavy atom. The molecular weight excluding hydrogens is 391 g/mol. The zero-order chi connectivity index (χ0) is 17.6. The van der Waals surface area contributed by atoms with Crippen molar-refractivity contribution in [1.29, 1.82) is 0 Å². The minimum absolute atomic E-state index is 0. The molecular formula is C17H32Cl2N6O2. The number of rotatable bonds is 6. The summed E-state index contributed by atoms with van der Waals surface area (Å²) in [7, 11) is 0. The quantitative estimate of drug-likeness (QED) is 0.709. The van der Waals surface area contributed by atoms with Gasteiger partial charge in [-0.25, -0.2) is 0 Å². The molecule has 2 unspecified atom stereocenters. The second-order valence-corrected chi connectivity index (χ2v) is 7.40. The maximum absolute atomic E-state index is 12.3. The summed E-state index contributed by atoms with van der Waals surface area (Å²) in [5.74, 6) is 2.05. The Bertz CT molecular complexity index is 565. The van der Waals surface area contributed by atoms with E-state index in [1.807, 2.05) is 0 Å². The molecule has 1 aliphatic heterocycles. The van der Waals surface area contributed by atoms with Gasteiger partial charge in [0.2, 0.25) is 11.8 Å². The Balaban J connectivity index is 0.00000182. The summed E-state index contributed by atoms with van der Waals surface area (Å²) >= 11 is 0. The molecule has 1 saturated heterocycles. The Hall–Kier alpha value is -0.930. The predicted octanol–water partition coefficient (Wildman–Crippen LogP) is 1.18. The molecule has 2 heterocycles. The molecule has 0 spiro atoms. The van der Waals surface area contributed by atoms with Crippen molar-refractivity contribution in [3.05, 3.63) is 11.7 Å². The fourth-order valence-electron chi connectivity index (χ4n) is 3.78. The summed E-state index contributed by atoms with van der Waals surface area (Å²) in [6, 6.07) is 0.368. The Kier molecular flexibility index (Phi) is 10.5. The van der Waals surface area contributed by atoms with Gasteiger partial charge in [0.25, 0.3) is 0 Å². The van der Waals surface area contributed by atoms with E-state index in [0.717, 1.165) is 44.9 Å². The smallest absolute Gasteiger partial charge is 0.240 e. The predicted molar refractivity (Wildman–Crippen MR) is 108 cm³/mol. The number of hydrogen-bond donors (Lipinski definition) is 2. The number of nitrogens with zero attached hydrogens (tertiary/aromatic N) is 4. The van der Waals surface area contributed by atoms with Crippen LogP contribution in [0.3, 0.4) is 0 Å². The first-order valence-electron chi connectivity index (χ1n) is 9.38. The summed E-state index contributed by atoms with van der Waals surface area (Å²) in [5, 5.41) is 7.15. The summed E-state index contributed by atoms with van der Waals surface area (Å²) in [6.45, 7) is 7.29. The molecule has 27 heavy (non-hydrogen) atoms. The standard InChI is InChI=1S/C17H30N6O2.2ClH/c1-13-3-2-4-14(9-13)19-16(24)12-23-7-5-22(6-8-23)11-15-20-17(10-18)25-21-15;;/h13-14H,2-12,18H2,1H3,(H,19,24);2*1H. The molecule has 2 atom stereocenters. The van der Waals surface area contributed by atoms with Gasteiger partial charge in [0.1, 0.15) is 0 Å². The number of carbonyl (C=O) groups excluding carboxylic acids is 1. The highest BCUT2D eigenvalue weighted by Gasteiger charge is 2.23. The van der Waals surface area contributed by atoms with E-state index >= 15 is 0 Å². The lowest BCUT2D eigenvalue weighted by Gasteiger charge is -2.34. The van der Waals surface area contributed by atoms with Crippen molar-refractivity contribution in [3.63, 3.8) is 0 Å². The van der Waals surface area contributed by atoms with E-state index in [-0.39, 0.29) is 37.3 Å². The monoisotopic (exact) mass is 422 g/mol. The topological polar surface area (TPSA) is 101 Å². The molecule has 156 valence electrons. The van der Waals surface area contributed by atoms with Gasteiger partial charge in [-0.15, -0.1) is 24.8 Å². The van der Waals surface area contributed by atoms with Crippen molar-refractivity contribution in [1.82, 2.24) is 25.3 Å². The first-order valence-corrected chi connectivity index (χ1v) is 9.38. The lowest BCUT2D eigenvalue weighted by atomic mass is 9.87. The van der Waals surface area contributed by atoms with Crippen molar-refractivity contribution in [2.45, 2.75) is 51.7 Å². The second kappa shape index (κ2) is 11.8. The minimum Gasteiger partial charge on any atom is -0.352 e. The van der Waals surface area contributed by atoms with E-state index in [1.54, 1.807) is 0 Å². The van der Waals surface area contributed by atoms with Crippen molar-refractivity contribution in [2.75, 3.05) is 32.7 Å². The largest absolute Gasteiger partial charge is 0.352 e. The van der Waals surface area contributed by atoms with E-state index in [0.29, 0.717) is 30.8 Å². The van der Waals surface area contributed by atoms with Gasteiger partial charge >= 0.3 is 0 Å². The van der Waals surface area contributed by atoms with Crippen LogP contribution in [0.2, 0.25) is 0 Å². The van der Waals surface area contributed by atoms with Crippen LogP contribution in [0.1, 0.15) is 44.3 Å². The maximum Gasteiger partial charge on any atom is 0.240 e. The van der Waals surface area contributed by atoms with Gasteiger partial charge in [0.05, 0.1) is 19.6 Å². The fourth-order valence-corrected chi connectivity index (χ4v) is 3.78. The van der Waals surface area contributed by atoms with Crippen molar-refractivity contribution in [3.8, 4) is 0 Å². The van der Waals surface area contributed by atoms with E-state index in [2.05, 4.69) is 32.2 Å². The number of piperazine rings is 1. The molecule has 3 N–H and O–H groups in total. The van der Waals surface area contributed by atoms with E-state index in [1.165, 1.54) is 12.8 Å². The molecule has 2 fully saturated rings. The lowest BCUT2D eigenvalue weighted by molar-refractivity contribution is -0.123. The second-order valence-electron chi connectivity index (χ2n) is 7.40. The number of aromatic nitrogens is 2. The number of halogens is 2. The molecule has 1 aliphatic carbocycles. The maximum atomic E-state index is 12.3. The van der Waals surface area contributed by atoms with Gasteiger partial charge in [-0.3, -0.25) is 14.6 Å². The highest BCUT2D eigenvalue weighted by Crippen LogP contribution is 2.23. The average molecular weight is 423 g/mol. The van der Waals surface area contributed by atoms with Gasteiger partial charge in [-0.05, 0) is 18.8 Å². The number of hydrogen-bond acceptors (Lipinski definition) is 7. The van der Waals surface area contributed by atoms with Crippen LogP contribution in [0.5, 0.6) is 0 Å². The van der Waals surface area contributed by atoms with Crippen LogP contribution in [0.4, 0.5) is 0 Å². The molecule has 1 amide bonds. The third kappa shape index (κ3) is 7.54. The summed E-state index contributed by atoms with van der Waals surface area (Å²) < 4.78 is 5.03. The molecule has 0 bridgehead atoms. The average Bonchev–Trinajstić information content (AvgIpc) is 3.04. The van der Waals surface area contributed by atoms with Crippen LogP contribution in [-0.4, -0.2) is 64.6 Å². The lowest BCUT2D eigenvalue weighted by Crippen LogP contribution is -2.50. The first kappa shape index (κ1) is 24.1. The van der Waals surface area contributed by atoms with Crippen LogP contribution < -0.4 is 11.1 Å². The van der Waals surface area contributed by atoms with Crippen LogP contribution in [-0.2, 0) is 17.9 Å². The number of amides is 1. The van der Waals surface area contributed by atoms with E-state index < -0.39 is 0 Å². The summed E-state index contributed by atoms with van der Waals surface area (Å²) in [5.41, 5.74) is 5.48. The molecule has 0 aromatic carbocycles. The minimum atomic E-state index is 0. The zero-order valence-electron chi connectivity index (χ0n) is 15.9. The summed E-state index contributed by atoms with van der Waals surface area (Å²) in [4.78, 5) is 21.0. The highest BCUT2D eigenvalue weighted by molar-refractivity contribution is 5.85. The van der Waals surface area contributed by atoms with Gasteiger partial charge < -0.3 is 15.6 Å². The number of nitrogens with two attached hydrogens (primary N) is 1. The van der Waals surface area contributed by atoms with Crippen molar-refractivity contribution in [2.24, 2.45) is 11.7 Å². The fraction of sp³-hybridized carbons (Fsp3) is 0.824. The molecule has 3 rings (SSSR count). The Morgan fingerprint density at radius 1 is 1.22 bits per heavy atom. The molecule has 8 nitrogen and oxygen atoms in total. The third-order valence-corrected chi connectivity index (χ3v) is 5.18. The Labute approximate surface area is 173 Å². The van der Waals surface area contributed by atoms with Gasteiger partial charge in [0, 0.05) is 32.2 Å². The summed E-state index contributed by atoms with van der Waals surface area (Å²) in [6.07, 6.45) is 4.77. The molecule has 1 aromatic heterocycles. The van der Waals surface area contributed by atoms with Crippen LogP contribution in [0.25, 0.3) is 0 Å². The van der Waals surface area contributed by atoms with Crippen molar-refractivity contribution >= 4 is 30.7 Å². The molecule has 10 heteroatoms. The SMILES string of the molecule is CC1CCCC(NC(=O)CN2CCN(Cc3noc(CN)n3)CC2)C1.Cl.Cl. The molecule has 1 saturated carbocycles. The first-order chi connectivity index (χ1) is 12.1. The van der Waals surface area contributed by atoms with E-state index in [9.17, 15) is 4.79 Å². The van der Waals surface area contributed by atoms with Gasteiger partial charge in [0.15, 0.2) is 5.82 Å². The van der Waals surface area contributed by atoms with Gasteiger partial charge in [-0.2, -0.15) is 4.98 Å². The van der Waals surface area contributed by atoms with Gasteiger partial charge in [-0.1, -0.05) is 24.9 Å². The normalized spacial score (nSPS) is 23.9. The Morgan fingerprint density at radius 2 is 1.93 bits per heavy atom. The highest BCUT2D eigenvalue weighted by atomic mass is 35.5.